The van der Waals surface area contributed by atoms with E-state index in [1.165, 1.54) is 17.4 Å². The zero-order chi connectivity index (χ0) is 15.3. The molecule has 0 saturated carbocycles. The first-order valence-corrected chi connectivity index (χ1v) is 8.60. The van der Waals surface area contributed by atoms with E-state index in [9.17, 15) is 8.42 Å². The van der Waals surface area contributed by atoms with Crippen LogP contribution in [0.25, 0.3) is 0 Å². The van der Waals surface area contributed by atoms with Crippen LogP contribution in [0.15, 0.2) is 40.7 Å². The van der Waals surface area contributed by atoms with E-state index in [0.29, 0.717) is 10.6 Å². The molecule has 1 heterocycles. The fourth-order valence-electron chi connectivity index (χ4n) is 1.75. The molecule has 0 saturated heterocycles. The second kappa shape index (κ2) is 6.83. The molecular formula is C14H15N3O2S2. The van der Waals surface area contributed by atoms with Crippen molar-refractivity contribution in [2.45, 2.75) is 17.9 Å². The summed E-state index contributed by atoms with van der Waals surface area (Å²) in [6.07, 6.45) is 1.64. The van der Waals surface area contributed by atoms with Gasteiger partial charge in [-0.05, 0) is 19.1 Å². The van der Waals surface area contributed by atoms with Gasteiger partial charge in [-0.25, -0.2) is 18.1 Å². The molecule has 1 aromatic heterocycles. The third-order valence-electron chi connectivity index (χ3n) is 2.66. The van der Waals surface area contributed by atoms with Crippen LogP contribution in [0.4, 0.5) is 0 Å². The highest BCUT2D eigenvalue weighted by molar-refractivity contribution is 7.89. The molecule has 3 N–H and O–H groups in total. The molecule has 110 valence electrons. The Labute approximate surface area is 128 Å². The lowest BCUT2D eigenvalue weighted by Crippen LogP contribution is -2.27. The second-order valence-electron chi connectivity index (χ2n) is 4.22. The third-order valence-corrected chi connectivity index (χ3v) is 5.21. The number of aromatic nitrogens is 1. The maximum atomic E-state index is 12.5. The summed E-state index contributed by atoms with van der Waals surface area (Å²) >= 11 is 1.40. The number of nitrogens with zero attached hydrogens (tertiary/aromatic N) is 1. The van der Waals surface area contributed by atoms with E-state index < -0.39 is 16.1 Å². The van der Waals surface area contributed by atoms with E-state index in [4.69, 9.17) is 5.73 Å². The topological polar surface area (TPSA) is 85.1 Å². The highest BCUT2D eigenvalue weighted by Crippen LogP contribution is 2.20. The molecule has 0 spiro atoms. The van der Waals surface area contributed by atoms with Crippen LogP contribution in [0.2, 0.25) is 0 Å². The van der Waals surface area contributed by atoms with Crippen LogP contribution in [0.5, 0.6) is 0 Å². The van der Waals surface area contributed by atoms with Crippen LogP contribution < -0.4 is 10.5 Å². The zero-order valence-electron chi connectivity index (χ0n) is 11.4. The number of hydrogen-bond donors (Lipinski definition) is 2. The molecule has 0 aliphatic rings. The van der Waals surface area contributed by atoms with Gasteiger partial charge in [-0.3, -0.25) is 0 Å². The quantitative estimate of drug-likeness (QED) is 0.836. The predicted octanol–water partition coefficient (Wildman–Crippen LogP) is 1.49. The third kappa shape index (κ3) is 3.89. The lowest BCUT2D eigenvalue weighted by molar-refractivity contribution is 0.566. The highest BCUT2D eigenvalue weighted by atomic mass is 32.2. The Hall–Kier alpha value is -1.72. The molecule has 0 aliphatic carbocycles. The van der Waals surface area contributed by atoms with Crippen LogP contribution >= 0.6 is 11.3 Å². The van der Waals surface area contributed by atoms with Gasteiger partial charge in [0.2, 0.25) is 10.0 Å². The molecule has 5 nitrogen and oxygen atoms in total. The highest BCUT2D eigenvalue weighted by Gasteiger charge is 2.21. The van der Waals surface area contributed by atoms with Gasteiger partial charge in [0.1, 0.15) is 5.01 Å². The van der Waals surface area contributed by atoms with E-state index in [1.807, 2.05) is 0 Å². The molecule has 1 atom stereocenters. The molecule has 21 heavy (non-hydrogen) atoms. The van der Waals surface area contributed by atoms with Gasteiger partial charge in [0.25, 0.3) is 0 Å². The van der Waals surface area contributed by atoms with Gasteiger partial charge in [0, 0.05) is 17.1 Å². The van der Waals surface area contributed by atoms with Crippen molar-refractivity contribution in [3.8, 4) is 11.8 Å². The Morgan fingerprint density at radius 2 is 2.19 bits per heavy atom. The number of nitrogens with one attached hydrogen (secondary N) is 1. The van der Waals surface area contributed by atoms with Crippen molar-refractivity contribution < 1.29 is 8.42 Å². The van der Waals surface area contributed by atoms with E-state index in [-0.39, 0.29) is 11.4 Å². The van der Waals surface area contributed by atoms with Crippen molar-refractivity contribution in [2.24, 2.45) is 5.73 Å². The van der Waals surface area contributed by atoms with Gasteiger partial charge in [-0.2, -0.15) is 0 Å². The summed E-state index contributed by atoms with van der Waals surface area (Å²) < 4.78 is 27.6. The molecule has 0 radical (unpaired) electrons. The number of nitrogens with two attached hydrogens (primary N) is 1. The maximum absolute atomic E-state index is 12.5. The first-order valence-electron chi connectivity index (χ1n) is 6.24. The van der Waals surface area contributed by atoms with Gasteiger partial charge in [0.05, 0.1) is 17.5 Å². The van der Waals surface area contributed by atoms with Gasteiger partial charge in [-0.15, -0.1) is 11.3 Å². The Balaban J connectivity index is 2.32. The van der Waals surface area contributed by atoms with Gasteiger partial charge >= 0.3 is 0 Å². The van der Waals surface area contributed by atoms with Crippen LogP contribution in [-0.4, -0.2) is 19.9 Å². The molecule has 2 rings (SSSR count). The molecule has 1 unspecified atom stereocenters. The Kier molecular flexibility index (Phi) is 5.09. The summed E-state index contributed by atoms with van der Waals surface area (Å²) in [5.74, 6) is 5.45. The van der Waals surface area contributed by atoms with Crippen molar-refractivity contribution in [1.29, 1.82) is 0 Å². The standard InChI is InChI=1S/C14H15N3O2S2/c1-11(14-16-9-10-20-14)17-21(18,19)13-7-3-2-5-12(13)6-4-8-15/h2-3,5,7,9-11,17H,8,15H2,1H3. The molecule has 0 bridgehead atoms. The fourth-order valence-corrected chi connectivity index (χ4v) is 3.84. The Bertz CT molecular complexity index is 759. The minimum atomic E-state index is -3.67. The van der Waals surface area contributed by atoms with Crippen molar-refractivity contribution in [3.63, 3.8) is 0 Å². The van der Waals surface area contributed by atoms with Crippen LogP contribution in [-0.2, 0) is 10.0 Å². The van der Waals surface area contributed by atoms with E-state index >= 15 is 0 Å². The lowest BCUT2D eigenvalue weighted by atomic mass is 10.2. The SMILES string of the molecule is CC(NS(=O)(=O)c1ccccc1C#CCN)c1nccs1. The number of sulfonamides is 1. The van der Waals surface area contributed by atoms with E-state index in [0.717, 1.165) is 0 Å². The second-order valence-corrected chi connectivity index (χ2v) is 6.82. The average Bonchev–Trinajstić information content (AvgIpc) is 2.99. The molecule has 0 aliphatic heterocycles. The minimum Gasteiger partial charge on any atom is -0.320 e. The van der Waals surface area contributed by atoms with Crippen molar-refractivity contribution >= 4 is 21.4 Å². The van der Waals surface area contributed by atoms with E-state index in [1.54, 1.807) is 36.7 Å². The number of benzene rings is 1. The summed E-state index contributed by atoms with van der Waals surface area (Å²) in [7, 11) is -3.67. The first-order chi connectivity index (χ1) is 10.0. The van der Waals surface area contributed by atoms with Crippen molar-refractivity contribution in [3.05, 3.63) is 46.4 Å². The largest absolute Gasteiger partial charge is 0.320 e. The molecule has 7 heteroatoms. The average molecular weight is 321 g/mol. The van der Waals surface area contributed by atoms with Gasteiger partial charge in [0.15, 0.2) is 0 Å². The summed E-state index contributed by atoms with van der Waals surface area (Å²) in [5.41, 5.74) is 5.77. The van der Waals surface area contributed by atoms with Gasteiger partial charge in [-0.1, -0.05) is 24.0 Å². The number of hydrogen-bond acceptors (Lipinski definition) is 5. The summed E-state index contributed by atoms with van der Waals surface area (Å²) in [6, 6.07) is 6.19. The molecule has 1 aromatic carbocycles. The van der Waals surface area contributed by atoms with E-state index in [2.05, 4.69) is 21.5 Å². The zero-order valence-corrected chi connectivity index (χ0v) is 13.0. The number of thiazole rings is 1. The molecular weight excluding hydrogens is 306 g/mol. The number of rotatable bonds is 4. The molecule has 2 aromatic rings. The minimum absolute atomic E-state index is 0.148. The molecule has 0 amide bonds. The normalized spacial score (nSPS) is 12.5. The lowest BCUT2D eigenvalue weighted by Gasteiger charge is -2.13. The Morgan fingerprint density at radius 3 is 2.86 bits per heavy atom. The van der Waals surface area contributed by atoms with Crippen LogP contribution in [0, 0.1) is 11.8 Å². The fraction of sp³-hybridized carbons (Fsp3) is 0.214. The first kappa shape index (κ1) is 15.7. The summed E-state index contributed by atoms with van der Waals surface area (Å²) in [5, 5.41) is 2.52. The van der Waals surface area contributed by atoms with Crippen LogP contribution in [0.1, 0.15) is 23.5 Å². The predicted molar refractivity (Wildman–Crippen MR) is 83.2 cm³/mol. The van der Waals surface area contributed by atoms with Gasteiger partial charge < -0.3 is 5.73 Å². The smallest absolute Gasteiger partial charge is 0.242 e. The Morgan fingerprint density at radius 1 is 1.43 bits per heavy atom. The van der Waals surface area contributed by atoms with Crippen molar-refractivity contribution in [2.75, 3.05) is 6.54 Å². The van der Waals surface area contributed by atoms with Crippen LogP contribution in [0.3, 0.4) is 0 Å². The maximum Gasteiger partial charge on any atom is 0.242 e. The summed E-state index contributed by atoms with van der Waals surface area (Å²) in [6.45, 7) is 1.93. The molecule has 0 fully saturated rings. The monoisotopic (exact) mass is 321 g/mol. The van der Waals surface area contributed by atoms with Crippen molar-refractivity contribution in [1.82, 2.24) is 9.71 Å². The summed E-state index contributed by atoms with van der Waals surface area (Å²) in [4.78, 5) is 4.26.